The Morgan fingerprint density at radius 1 is 1.75 bits per heavy atom. The zero-order valence-corrected chi connectivity index (χ0v) is 8.06. The molecule has 0 saturated carbocycles. The van der Waals surface area contributed by atoms with Gasteiger partial charge in [0.1, 0.15) is 0 Å². The van der Waals surface area contributed by atoms with Gasteiger partial charge in [-0.3, -0.25) is 4.79 Å². The molecule has 1 heterocycles. The normalized spacial score (nSPS) is 22.6. The fraction of sp³-hybridized carbons (Fsp3) is 0.875. The Bertz CT molecular complexity index is 143. The van der Waals surface area contributed by atoms with Crippen LogP contribution in [0.3, 0.4) is 0 Å². The first kappa shape index (κ1) is 9.86. The zero-order valence-electron chi connectivity index (χ0n) is 7.25. The van der Waals surface area contributed by atoms with Crippen molar-refractivity contribution in [3.8, 4) is 0 Å². The van der Waals surface area contributed by atoms with Crippen LogP contribution in [0.2, 0.25) is 0 Å². The Balaban J connectivity index is 1.97. The van der Waals surface area contributed by atoms with Crippen molar-refractivity contribution in [2.45, 2.75) is 18.9 Å². The summed E-state index contributed by atoms with van der Waals surface area (Å²) in [5.74, 6) is 1.20. The van der Waals surface area contributed by atoms with Crippen LogP contribution in [0, 0.1) is 0 Å². The van der Waals surface area contributed by atoms with Crippen LogP contribution < -0.4 is 0 Å². The molecule has 0 aliphatic carbocycles. The van der Waals surface area contributed by atoms with Crippen molar-refractivity contribution >= 4 is 17.7 Å². The van der Waals surface area contributed by atoms with Gasteiger partial charge in [-0.1, -0.05) is 0 Å². The van der Waals surface area contributed by atoms with Gasteiger partial charge in [-0.2, -0.15) is 0 Å². The molecule has 1 aliphatic rings. The summed E-state index contributed by atoms with van der Waals surface area (Å²) >= 11 is 1.58. The van der Waals surface area contributed by atoms with E-state index in [4.69, 9.17) is 4.74 Å². The molecule has 0 aromatic heterocycles. The second-order valence-electron chi connectivity index (χ2n) is 2.73. The first-order chi connectivity index (χ1) is 5.83. The number of rotatable bonds is 4. The van der Waals surface area contributed by atoms with Crippen LogP contribution in [0.15, 0.2) is 0 Å². The molecule has 0 radical (unpaired) electrons. The van der Waals surface area contributed by atoms with E-state index in [0.717, 1.165) is 25.2 Å². The van der Waals surface area contributed by atoms with E-state index in [1.54, 1.807) is 11.8 Å². The highest BCUT2D eigenvalue weighted by molar-refractivity contribution is 7.99. The zero-order chi connectivity index (χ0) is 8.81. The lowest BCUT2D eigenvalue weighted by Gasteiger charge is -2.07. The molecule has 0 N–H and O–H groups in total. The van der Waals surface area contributed by atoms with Crippen LogP contribution in [-0.2, 0) is 14.3 Å². The largest absolute Gasteiger partial charge is 0.468 e. The number of carbonyl (C=O) groups excluding carboxylic acids is 1. The fourth-order valence-corrected chi connectivity index (χ4v) is 2.04. The second-order valence-corrected chi connectivity index (χ2v) is 3.76. The summed E-state index contributed by atoms with van der Waals surface area (Å²) in [4.78, 5) is 10.7. The van der Waals surface area contributed by atoms with Gasteiger partial charge in [-0.05, 0) is 12.8 Å². The van der Waals surface area contributed by atoms with E-state index in [2.05, 4.69) is 4.74 Å². The summed E-state index contributed by atoms with van der Waals surface area (Å²) in [6.45, 7) is 0.878. The van der Waals surface area contributed by atoms with E-state index >= 15 is 0 Å². The third-order valence-electron chi connectivity index (χ3n) is 1.78. The van der Waals surface area contributed by atoms with E-state index in [1.165, 1.54) is 7.11 Å². The van der Waals surface area contributed by atoms with Gasteiger partial charge in [-0.15, -0.1) is 11.8 Å². The molecule has 0 spiro atoms. The molecular weight excluding hydrogens is 176 g/mol. The minimum atomic E-state index is -0.155. The Morgan fingerprint density at radius 2 is 2.58 bits per heavy atom. The van der Waals surface area contributed by atoms with Gasteiger partial charge in [-0.25, -0.2) is 0 Å². The van der Waals surface area contributed by atoms with Crippen molar-refractivity contribution in [1.29, 1.82) is 0 Å². The number of methoxy groups -OCH3 is 1. The maximum atomic E-state index is 10.7. The molecule has 70 valence electrons. The van der Waals surface area contributed by atoms with E-state index in [0.29, 0.717) is 11.9 Å². The van der Waals surface area contributed by atoms with Gasteiger partial charge >= 0.3 is 5.97 Å². The molecule has 1 atom stereocenters. The Morgan fingerprint density at radius 3 is 3.17 bits per heavy atom. The smallest absolute Gasteiger partial charge is 0.315 e. The number of thioether (sulfide) groups is 1. The predicted molar refractivity (Wildman–Crippen MR) is 48.3 cm³/mol. The molecule has 12 heavy (non-hydrogen) atoms. The van der Waals surface area contributed by atoms with Gasteiger partial charge in [0.25, 0.3) is 0 Å². The molecular formula is C8H14O3S. The molecule has 0 bridgehead atoms. The molecule has 0 aromatic carbocycles. The molecule has 1 fully saturated rings. The fourth-order valence-electron chi connectivity index (χ4n) is 1.11. The maximum absolute atomic E-state index is 10.7. The Hall–Kier alpha value is -0.220. The van der Waals surface area contributed by atoms with Crippen LogP contribution in [0.25, 0.3) is 0 Å². The molecule has 1 unspecified atom stereocenters. The average Bonchev–Trinajstić information content (AvgIpc) is 2.57. The first-order valence-corrected chi connectivity index (χ1v) is 5.24. The lowest BCUT2D eigenvalue weighted by molar-refractivity contribution is -0.137. The third kappa shape index (κ3) is 3.45. The van der Waals surface area contributed by atoms with Gasteiger partial charge < -0.3 is 9.47 Å². The first-order valence-electron chi connectivity index (χ1n) is 4.09. The highest BCUT2D eigenvalue weighted by Crippen LogP contribution is 2.16. The number of hydrogen-bond donors (Lipinski definition) is 0. The standard InChI is InChI=1S/C8H14O3S/c1-10-8(9)6-12-5-7-3-2-4-11-7/h7H,2-6H2,1H3. The van der Waals surface area contributed by atoms with Crippen molar-refractivity contribution in [2.24, 2.45) is 0 Å². The van der Waals surface area contributed by atoms with Gasteiger partial charge in [0.2, 0.25) is 0 Å². The van der Waals surface area contributed by atoms with Crippen molar-refractivity contribution in [1.82, 2.24) is 0 Å². The van der Waals surface area contributed by atoms with Crippen LogP contribution in [0.1, 0.15) is 12.8 Å². The van der Waals surface area contributed by atoms with E-state index in [1.807, 2.05) is 0 Å². The number of esters is 1. The summed E-state index contributed by atoms with van der Waals surface area (Å²) in [6, 6.07) is 0. The van der Waals surface area contributed by atoms with E-state index in [9.17, 15) is 4.79 Å². The lowest BCUT2D eigenvalue weighted by Crippen LogP contribution is -2.11. The van der Waals surface area contributed by atoms with Crippen LogP contribution in [0.4, 0.5) is 0 Å². The Labute approximate surface area is 76.8 Å². The molecule has 1 rings (SSSR count). The second kappa shape index (κ2) is 5.43. The lowest BCUT2D eigenvalue weighted by atomic mass is 10.3. The monoisotopic (exact) mass is 190 g/mol. The number of ether oxygens (including phenoxy) is 2. The summed E-state index contributed by atoms with van der Waals surface area (Å²) in [7, 11) is 1.41. The molecule has 4 heteroatoms. The topological polar surface area (TPSA) is 35.5 Å². The van der Waals surface area contributed by atoms with E-state index in [-0.39, 0.29) is 5.97 Å². The van der Waals surface area contributed by atoms with Crippen molar-refractivity contribution in [2.75, 3.05) is 25.2 Å². The SMILES string of the molecule is COC(=O)CSCC1CCCO1. The quantitative estimate of drug-likeness (QED) is 0.621. The average molecular weight is 190 g/mol. The van der Waals surface area contributed by atoms with Gasteiger partial charge in [0.05, 0.1) is 19.0 Å². The number of hydrogen-bond acceptors (Lipinski definition) is 4. The molecule has 1 aliphatic heterocycles. The summed E-state index contributed by atoms with van der Waals surface area (Å²) in [5.41, 5.74) is 0. The van der Waals surface area contributed by atoms with Crippen LogP contribution in [0.5, 0.6) is 0 Å². The summed E-state index contributed by atoms with van der Waals surface area (Å²) < 4.78 is 9.91. The predicted octanol–water partition coefficient (Wildman–Crippen LogP) is 1.07. The molecule has 0 aromatic rings. The highest BCUT2D eigenvalue weighted by Gasteiger charge is 2.15. The summed E-state index contributed by atoms with van der Waals surface area (Å²) in [5, 5.41) is 0. The van der Waals surface area contributed by atoms with Crippen LogP contribution in [-0.4, -0.2) is 37.3 Å². The minimum absolute atomic E-state index is 0.155. The highest BCUT2D eigenvalue weighted by atomic mass is 32.2. The van der Waals surface area contributed by atoms with Crippen molar-refractivity contribution in [3.63, 3.8) is 0 Å². The molecule has 0 amide bonds. The van der Waals surface area contributed by atoms with Crippen LogP contribution >= 0.6 is 11.8 Å². The minimum Gasteiger partial charge on any atom is -0.468 e. The van der Waals surface area contributed by atoms with E-state index < -0.39 is 0 Å². The molecule has 1 saturated heterocycles. The van der Waals surface area contributed by atoms with Gasteiger partial charge in [0.15, 0.2) is 0 Å². The summed E-state index contributed by atoms with van der Waals surface area (Å²) in [6.07, 6.45) is 2.65. The van der Waals surface area contributed by atoms with Gasteiger partial charge in [0, 0.05) is 12.4 Å². The molecule has 3 nitrogen and oxygen atoms in total. The van der Waals surface area contributed by atoms with Crippen molar-refractivity contribution in [3.05, 3.63) is 0 Å². The van der Waals surface area contributed by atoms with Crippen molar-refractivity contribution < 1.29 is 14.3 Å². The number of carbonyl (C=O) groups is 1. The maximum Gasteiger partial charge on any atom is 0.315 e. The Kier molecular flexibility index (Phi) is 4.46. The third-order valence-corrected chi connectivity index (χ3v) is 2.82.